The summed E-state index contributed by atoms with van der Waals surface area (Å²) in [5, 5.41) is 1.77. The molecule has 1 aromatic heterocycles. The van der Waals surface area contributed by atoms with Gasteiger partial charge in [-0.25, -0.2) is 13.1 Å². The fourth-order valence-corrected chi connectivity index (χ4v) is 5.01. The molecule has 124 valence electrons. The first kappa shape index (κ1) is 16.6. The van der Waals surface area contributed by atoms with Crippen molar-refractivity contribution in [2.24, 2.45) is 5.92 Å². The molecule has 23 heavy (non-hydrogen) atoms. The number of aryl methyl sites for hydroxylation is 1. The predicted octanol–water partition coefficient (Wildman–Crippen LogP) is 3.50. The number of benzene rings is 1. The Balaban J connectivity index is 1.71. The van der Waals surface area contributed by atoms with Gasteiger partial charge in [-0.05, 0) is 36.8 Å². The maximum atomic E-state index is 12.3. The van der Waals surface area contributed by atoms with Gasteiger partial charge in [-0.3, -0.25) is 0 Å². The van der Waals surface area contributed by atoms with Gasteiger partial charge in [0.05, 0.1) is 6.10 Å². The third-order valence-electron chi connectivity index (χ3n) is 4.15. The second kappa shape index (κ2) is 7.13. The van der Waals surface area contributed by atoms with E-state index in [1.54, 1.807) is 17.5 Å². The predicted molar refractivity (Wildman–Crippen MR) is 92.1 cm³/mol. The molecule has 0 saturated carbocycles. The number of hydrogen-bond acceptors (Lipinski definition) is 4. The number of hydrogen-bond donors (Lipinski definition) is 1. The molecule has 4 nitrogen and oxygen atoms in total. The highest BCUT2D eigenvalue weighted by Gasteiger charge is 2.29. The van der Waals surface area contributed by atoms with Gasteiger partial charge >= 0.3 is 0 Å². The van der Waals surface area contributed by atoms with Crippen LogP contribution in [0.2, 0.25) is 0 Å². The lowest BCUT2D eigenvalue weighted by Crippen LogP contribution is -2.34. The smallest absolute Gasteiger partial charge is 0.250 e. The average molecular weight is 351 g/mol. The fourth-order valence-electron chi connectivity index (χ4n) is 2.88. The minimum Gasteiger partial charge on any atom is -0.373 e. The topological polar surface area (TPSA) is 55.4 Å². The normalized spacial score (nSPS) is 22.1. The first-order valence-corrected chi connectivity index (χ1v) is 10.1. The van der Waals surface area contributed by atoms with Gasteiger partial charge in [0.2, 0.25) is 10.0 Å². The number of sulfonamides is 1. The van der Waals surface area contributed by atoms with Crippen LogP contribution in [0.25, 0.3) is 0 Å². The van der Waals surface area contributed by atoms with E-state index < -0.39 is 10.0 Å². The quantitative estimate of drug-likeness (QED) is 0.897. The van der Waals surface area contributed by atoms with Crippen molar-refractivity contribution in [1.82, 2.24) is 4.72 Å². The summed E-state index contributed by atoms with van der Waals surface area (Å²) in [4.78, 5) is 0. The molecule has 0 bridgehead atoms. The van der Waals surface area contributed by atoms with Gasteiger partial charge in [0, 0.05) is 19.1 Å². The lowest BCUT2D eigenvalue weighted by Gasteiger charge is -2.32. The van der Waals surface area contributed by atoms with Crippen molar-refractivity contribution in [3.05, 3.63) is 52.9 Å². The van der Waals surface area contributed by atoms with Gasteiger partial charge in [0.25, 0.3) is 0 Å². The van der Waals surface area contributed by atoms with Gasteiger partial charge in [0.15, 0.2) is 0 Å². The zero-order valence-electron chi connectivity index (χ0n) is 13.1. The molecule has 0 aliphatic carbocycles. The summed E-state index contributed by atoms with van der Waals surface area (Å²) < 4.78 is 33.6. The molecular formula is C17H21NO3S2. The van der Waals surface area contributed by atoms with Crippen LogP contribution in [0, 0.1) is 12.8 Å². The van der Waals surface area contributed by atoms with E-state index >= 15 is 0 Å². The molecule has 0 radical (unpaired) electrons. The standard InChI is InChI=1S/C17H21NO3S2/c1-13-6-8-14(9-7-13)17-15(4-2-10-21-17)12-18-23(19,20)16-5-3-11-22-16/h3,5-9,11,15,17-18H,2,4,10,12H2,1H3. The van der Waals surface area contributed by atoms with E-state index in [1.807, 2.05) is 0 Å². The van der Waals surface area contributed by atoms with Crippen molar-refractivity contribution in [3.63, 3.8) is 0 Å². The molecule has 6 heteroatoms. The molecule has 1 aromatic carbocycles. The molecule has 0 amide bonds. The summed E-state index contributed by atoms with van der Waals surface area (Å²) in [5.41, 5.74) is 2.33. The van der Waals surface area contributed by atoms with Crippen LogP contribution in [0.15, 0.2) is 46.0 Å². The third-order valence-corrected chi connectivity index (χ3v) is 6.97. The Morgan fingerprint density at radius 3 is 2.74 bits per heavy atom. The van der Waals surface area contributed by atoms with Crippen LogP contribution in [0.5, 0.6) is 0 Å². The first-order valence-electron chi connectivity index (χ1n) is 7.77. The van der Waals surface area contributed by atoms with Gasteiger partial charge in [-0.15, -0.1) is 11.3 Å². The second-order valence-electron chi connectivity index (χ2n) is 5.89. The monoisotopic (exact) mass is 351 g/mol. The zero-order valence-corrected chi connectivity index (χ0v) is 14.7. The Bertz CT molecular complexity index is 724. The molecule has 3 rings (SSSR count). The second-order valence-corrected chi connectivity index (χ2v) is 8.83. The lowest BCUT2D eigenvalue weighted by molar-refractivity contribution is -0.0262. The van der Waals surface area contributed by atoms with E-state index in [0.29, 0.717) is 10.8 Å². The Labute approximate surface area is 141 Å². The van der Waals surface area contributed by atoms with Crippen molar-refractivity contribution in [2.45, 2.75) is 30.1 Å². The Hall–Kier alpha value is -1.21. The van der Waals surface area contributed by atoms with Gasteiger partial charge in [-0.1, -0.05) is 35.9 Å². The molecule has 1 saturated heterocycles. The van der Waals surface area contributed by atoms with E-state index in [0.717, 1.165) is 25.0 Å². The van der Waals surface area contributed by atoms with Crippen molar-refractivity contribution in [3.8, 4) is 0 Å². The van der Waals surface area contributed by atoms with Gasteiger partial charge < -0.3 is 4.74 Å². The van der Waals surface area contributed by atoms with Crippen LogP contribution in [0.3, 0.4) is 0 Å². The molecule has 1 fully saturated rings. The number of thiophene rings is 1. The van der Waals surface area contributed by atoms with Crippen LogP contribution in [0.1, 0.15) is 30.1 Å². The Morgan fingerprint density at radius 2 is 2.04 bits per heavy atom. The van der Waals surface area contributed by atoms with Crippen molar-refractivity contribution < 1.29 is 13.2 Å². The third kappa shape index (κ3) is 4.01. The number of ether oxygens (including phenoxy) is 1. The molecule has 1 N–H and O–H groups in total. The molecule has 0 spiro atoms. The summed E-state index contributed by atoms with van der Waals surface area (Å²) in [6.45, 7) is 3.18. The maximum absolute atomic E-state index is 12.3. The molecule has 2 atom stereocenters. The maximum Gasteiger partial charge on any atom is 0.250 e. The van der Waals surface area contributed by atoms with Crippen LogP contribution >= 0.6 is 11.3 Å². The van der Waals surface area contributed by atoms with E-state index in [4.69, 9.17) is 4.74 Å². The summed E-state index contributed by atoms with van der Waals surface area (Å²) in [5.74, 6) is 0.154. The largest absolute Gasteiger partial charge is 0.373 e. The lowest BCUT2D eigenvalue weighted by atomic mass is 9.89. The van der Waals surface area contributed by atoms with Crippen LogP contribution in [-0.4, -0.2) is 21.6 Å². The summed E-state index contributed by atoms with van der Waals surface area (Å²) >= 11 is 1.23. The molecular weight excluding hydrogens is 330 g/mol. The number of nitrogens with one attached hydrogen (secondary N) is 1. The number of rotatable bonds is 5. The SMILES string of the molecule is Cc1ccc(C2OCCCC2CNS(=O)(=O)c2cccs2)cc1. The van der Waals surface area contributed by atoms with Crippen LogP contribution in [-0.2, 0) is 14.8 Å². The zero-order chi connectivity index (χ0) is 16.3. The summed E-state index contributed by atoms with van der Waals surface area (Å²) in [7, 11) is -3.42. The highest BCUT2D eigenvalue weighted by molar-refractivity contribution is 7.91. The highest BCUT2D eigenvalue weighted by Crippen LogP contribution is 2.33. The van der Waals surface area contributed by atoms with E-state index in [2.05, 4.69) is 35.9 Å². The van der Waals surface area contributed by atoms with Crippen molar-refractivity contribution >= 4 is 21.4 Å². The average Bonchev–Trinajstić information content (AvgIpc) is 3.10. The fraction of sp³-hybridized carbons (Fsp3) is 0.412. The molecule has 2 unspecified atom stereocenters. The minimum atomic E-state index is -3.42. The van der Waals surface area contributed by atoms with E-state index in [1.165, 1.54) is 16.9 Å². The minimum absolute atomic E-state index is 0.0459. The van der Waals surface area contributed by atoms with Gasteiger partial charge in [0.1, 0.15) is 4.21 Å². The first-order chi connectivity index (χ1) is 11.1. The Kier molecular flexibility index (Phi) is 5.16. The summed E-state index contributed by atoms with van der Waals surface area (Å²) in [6, 6.07) is 11.7. The molecule has 2 aromatic rings. The molecule has 2 heterocycles. The van der Waals surface area contributed by atoms with Crippen LogP contribution < -0.4 is 4.72 Å². The Morgan fingerprint density at radius 1 is 1.26 bits per heavy atom. The van der Waals surface area contributed by atoms with E-state index in [-0.39, 0.29) is 12.0 Å². The van der Waals surface area contributed by atoms with Gasteiger partial charge in [-0.2, -0.15) is 0 Å². The summed E-state index contributed by atoms with van der Waals surface area (Å²) in [6.07, 6.45) is 1.88. The molecule has 1 aliphatic heterocycles. The molecule has 1 aliphatic rings. The highest BCUT2D eigenvalue weighted by atomic mass is 32.2. The van der Waals surface area contributed by atoms with Crippen molar-refractivity contribution in [2.75, 3.05) is 13.2 Å². The van der Waals surface area contributed by atoms with E-state index in [9.17, 15) is 8.42 Å². The van der Waals surface area contributed by atoms with Crippen molar-refractivity contribution in [1.29, 1.82) is 0 Å². The van der Waals surface area contributed by atoms with Crippen LogP contribution in [0.4, 0.5) is 0 Å².